The van der Waals surface area contributed by atoms with E-state index in [2.05, 4.69) is 0 Å². The SMILES string of the molecule is COC1=CC(=O)C(C=O)=C(c2c(C)cc(OC)c(OC)c2OC)C1=O. The van der Waals surface area contributed by atoms with E-state index >= 15 is 0 Å². The standard InChI is InChI=1S/C18H18O7/c1-9-6-13(23-3)17(24-4)18(25-5)14(9)15-10(8-19)11(20)7-12(22-2)16(15)21/h6-8H,1-5H3. The molecular formula is C18H18O7. The number of carbonyl (C=O) groups is 3. The number of aryl methyl sites for hydroxylation is 1. The molecule has 25 heavy (non-hydrogen) atoms. The minimum Gasteiger partial charge on any atom is -0.493 e. The van der Waals surface area contributed by atoms with E-state index in [0.29, 0.717) is 17.6 Å². The van der Waals surface area contributed by atoms with Crippen molar-refractivity contribution in [3.8, 4) is 17.2 Å². The highest BCUT2D eigenvalue weighted by Crippen LogP contribution is 2.46. The molecule has 0 fully saturated rings. The van der Waals surface area contributed by atoms with Gasteiger partial charge in [-0.25, -0.2) is 0 Å². The number of allylic oxidation sites excluding steroid dienone is 3. The van der Waals surface area contributed by atoms with Crippen molar-refractivity contribution in [3.05, 3.63) is 34.6 Å². The normalized spacial score (nSPS) is 14.2. The molecule has 0 saturated carbocycles. The fraction of sp³-hybridized carbons (Fsp3) is 0.278. The van der Waals surface area contributed by atoms with Gasteiger partial charge in [0.15, 0.2) is 29.3 Å². The third-order valence-corrected chi connectivity index (χ3v) is 3.86. The van der Waals surface area contributed by atoms with Crippen molar-refractivity contribution in [2.24, 2.45) is 0 Å². The van der Waals surface area contributed by atoms with Crippen molar-refractivity contribution in [3.63, 3.8) is 0 Å². The Morgan fingerprint density at radius 2 is 1.56 bits per heavy atom. The number of rotatable bonds is 6. The minimum absolute atomic E-state index is 0.0883. The second-order valence-corrected chi connectivity index (χ2v) is 5.15. The molecule has 1 aliphatic carbocycles. The minimum atomic E-state index is -0.613. The van der Waals surface area contributed by atoms with Gasteiger partial charge in [0.2, 0.25) is 11.5 Å². The number of carbonyl (C=O) groups excluding carboxylic acids is 3. The number of Topliss-reactive ketones (excluding diaryl/α,β-unsaturated/α-hetero) is 1. The summed E-state index contributed by atoms with van der Waals surface area (Å²) >= 11 is 0. The molecule has 7 heteroatoms. The van der Waals surface area contributed by atoms with E-state index in [4.69, 9.17) is 18.9 Å². The van der Waals surface area contributed by atoms with Crippen LogP contribution in [0.4, 0.5) is 0 Å². The predicted octanol–water partition coefficient (Wildman–Crippen LogP) is 1.66. The molecule has 0 atom stereocenters. The topological polar surface area (TPSA) is 88.1 Å². The molecule has 0 heterocycles. The quantitative estimate of drug-likeness (QED) is 0.440. The highest BCUT2D eigenvalue weighted by molar-refractivity contribution is 6.42. The molecule has 7 nitrogen and oxygen atoms in total. The molecule has 0 aromatic heterocycles. The zero-order valence-electron chi connectivity index (χ0n) is 14.6. The summed E-state index contributed by atoms with van der Waals surface area (Å²) in [6.45, 7) is 1.71. The molecule has 1 aliphatic rings. The van der Waals surface area contributed by atoms with Crippen LogP contribution in [-0.2, 0) is 19.1 Å². The molecule has 0 unspecified atom stereocenters. The fourth-order valence-corrected chi connectivity index (χ4v) is 2.74. The molecule has 2 rings (SSSR count). The molecule has 1 aromatic rings. The van der Waals surface area contributed by atoms with E-state index in [1.165, 1.54) is 28.4 Å². The van der Waals surface area contributed by atoms with Gasteiger partial charge in [-0.05, 0) is 18.6 Å². The molecular weight excluding hydrogens is 328 g/mol. The van der Waals surface area contributed by atoms with Crippen LogP contribution in [-0.4, -0.2) is 46.3 Å². The van der Waals surface area contributed by atoms with Crippen LogP contribution in [0, 0.1) is 6.92 Å². The lowest BCUT2D eigenvalue weighted by atomic mass is 9.86. The second kappa shape index (κ2) is 7.21. The molecule has 0 amide bonds. The average Bonchev–Trinajstić information content (AvgIpc) is 2.62. The van der Waals surface area contributed by atoms with Crippen LogP contribution in [0.25, 0.3) is 5.57 Å². The van der Waals surface area contributed by atoms with Crippen molar-refractivity contribution in [2.45, 2.75) is 6.92 Å². The first-order valence-corrected chi connectivity index (χ1v) is 7.29. The van der Waals surface area contributed by atoms with Crippen LogP contribution in [0.2, 0.25) is 0 Å². The van der Waals surface area contributed by atoms with Gasteiger partial charge in [0.25, 0.3) is 0 Å². The zero-order valence-corrected chi connectivity index (χ0v) is 14.6. The number of benzene rings is 1. The third-order valence-electron chi connectivity index (χ3n) is 3.86. The lowest BCUT2D eigenvalue weighted by Crippen LogP contribution is -2.21. The van der Waals surface area contributed by atoms with E-state index in [9.17, 15) is 14.4 Å². The molecule has 0 saturated heterocycles. The average molecular weight is 346 g/mol. The van der Waals surface area contributed by atoms with Crippen LogP contribution in [0.3, 0.4) is 0 Å². The van der Waals surface area contributed by atoms with E-state index < -0.39 is 11.6 Å². The summed E-state index contributed by atoms with van der Waals surface area (Å²) in [7, 11) is 5.55. The number of hydrogen-bond acceptors (Lipinski definition) is 7. The number of aldehydes is 1. The smallest absolute Gasteiger partial charge is 0.229 e. The molecule has 1 aromatic carbocycles. The van der Waals surface area contributed by atoms with Crippen molar-refractivity contribution in [2.75, 3.05) is 28.4 Å². The van der Waals surface area contributed by atoms with Gasteiger partial charge < -0.3 is 18.9 Å². The Balaban J connectivity index is 2.90. The van der Waals surface area contributed by atoms with Crippen molar-refractivity contribution < 1.29 is 33.3 Å². The maximum absolute atomic E-state index is 12.8. The molecule has 0 N–H and O–H groups in total. The second-order valence-electron chi connectivity index (χ2n) is 5.15. The van der Waals surface area contributed by atoms with Gasteiger partial charge in [-0.3, -0.25) is 14.4 Å². The first-order chi connectivity index (χ1) is 11.9. The molecule has 0 spiro atoms. The number of methoxy groups -OCH3 is 4. The molecule has 0 radical (unpaired) electrons. The Hall–Kier alpha value is -3.09. The van der Waals surface area contributed by atoms with Gasteiger partial charge in [0.05, 0.1) is 39.6 Å². The monoisotopic (exact) mass is 346 g/mol. The largest absolute Gasteiger partial charge is 0.493 e. The Labute approximate surface area is 144 Å². The van der Waals surface area contributed by atoms with E-state index in [0.717, 1.165) is 6.08 Å². The summed E-state index contributed by atoms with van der Waals surface area (Å²) in [5.74, 6) is -0.521. The predicted molar refractivity (Wildman–Crippen MR) is 88.9 cm³/mol. The van der Waals surface area contributed by atoms with E-state index in [-0.39, 0.29) is 34.0 Å². The lowest BCUT2D eigenvalue weighted by molar-refractivity contribution is -0.118. The maximum Gasteiger partial charge on any atom is 0.229 e. The molecule has 132 valence electrons. The van der Waals surface area contributed by atoms with Gasteiger partial charge in [-0.2, -0.15) is 0 Å². The van der Waals surface area contributed by atoms with Gasteiger partial charge in [0.1, 0.15) is 0 Å². The van der Waals surface area contributed by atoms with Crippen LogP contribution in [0.1, 0.15) is 11.1 Å². The van der Waals surface area contributed by atoms with Gasteiger partial charge >= 0.3 is 0 Å². The Morgan fingerprint density at radius 3 is 2.04 bits per heavy atom. The van der Waals surface area contributed by atoms with Crippen molar-refractivity contribution in [1.29, 1.82) is 0 Å². The van der Waals surface area contributed by atoms with E-state index in [1.807, 2.05) is 0 Å². The number of ketones is 2. The first-order valence-electron chi connectivity index (χ1n) is 7.29. The van der Waals surface area contributed by atoms with Gasteiger partial charge in [0, 0.05) is 11.6 Å². The molecule has 0 aliphatic heterocycles. The third kappa shape index (κ3) is 2.88. The zero-order chi connectivity index (χ0) is 18.7. The van der Waals surface area contributed by atoms with Crippen LogP contribution >= 0.6 is 0 Å². The van der Waals surface area contributed by atoms with Crippen molar-refractivity contribution >= 4 is 23.4 Å². The number of ether oxygens (including phenoxy) is 4. The summed E-state index contributed by atoms with van der Waals surface area (Å²) in [4.78, 5) is 36.5. The summed E-state index contributed by atoms with van der Waals surface area (Å²) in [5.41, 5.74) is 0.500. The molecule has 0 bridgehead atoms. The Morgan fingerprint density at radius 1 is 0.920 bits per heavy atom. The number of hydrogen-bond donors (Lipinski definition) is 0. The van der Waals surface area contributed by atoms with Crippen molar-refractivity contribution in [1.82, 2.24) is 0 Å². The van der Waals surface area contributed by atoms with E-state index in [1.54, 1.807) is 13.0 Å². The summed E-state index contributed by atoms with van der Waals surface area (Å²) in [6.07, 6.45) is 1.35. The summed E-state index contributed by atoms with van der Waals surface area (Å²) in [5, 5.41) is 0. The van der Waals surface area contributed by atoms with Gasteiger partial charge in [-0.15, -0.1) is 0 Å². The Bertz CT molecular complexity index is 815. The lowest BCUT2D eigenvalue weighted by Gasteiger charge is -2.22. The Kier molecular flexibility index (Phi) is 5.26. The maximum atomic E-state index is 12.8. The van der Waals surface area contributed by atoms with Crippen LogP contribution in [0.5, 0.6) is 17.2 Å². The highest BCUT2D eigenvalue weighted by atomic mass is 16.5. The van der Waals surface area contributed by atoms with Crippen LogP contribution in [0.15, 0.2) is 23.5 Å². The fourth-order valence-electron chi connectivity index (χ4n) is 2.74. The first kappa shape index (κ1) is 18.3. The highest BCUT2D eigenvalue weighted by Gasteiger charge is 2.34. The summed E-state index contributed by atoms with van der Waals surface area (Å²) < 4.78 is 21.0. The van der Waals surface area contributed by atoms with Gasteiger partial charge in [-0.1, -0.05) is 0 Å². The van der Waals surface area contributed by atoms with Crippen LogP contribution < -0.4 is 14.2 Å². The summed E-state index contributed by atoms with van der Waals surface area (Å²) in [6, 6.07) is 1.63.